The number of benzene rings is 1. The van der Waals surface area contributed by atoms with E-state index < -0.39 is 16.0 Å². The highest BCUT2D eigenvalue weighted by atomic mass is 32.2. The summed E-state index contributed by atoms with van der Waals surface area (Å²) < 4.78 is 27.2. The molecule has 118 valence electrons. The fraction of sp³-hybridized carbons (Fsp3) is 0.438. The van der Waals surface area contributed by atoms with Crippen LogP contribution in [0.5, 0.6) is 0 Å². The van der Waals surface area contributed by atoms with Crippen molar-refractivity contribution in [2.45, 2.75) is 31.1 Å². The van der Waals surface area contributed by atoms with Crippen LogP contribution < -0.4 is 0 Å². The molecule has 22 heavy (non-hydrogen) atoms. The number of sulfonamides is 1. The molecule has 0 aromatic heterocycles. The second-order valence-electron chi connectivity index (χ2n) is 6.25. The van der Waals surface area contributed by atoms with E-state index in [4.69, 9.17) is 5.11 Å². The van der Waals surface area contributed by atoms with Crippen molar-refractivity contribution in [1.29, 1.82) is 0 Å². The minimum atomic E-state index is -3.59. The summed E-state index contributed by atoms with van der Waals surface area (Å²) in [5, 5.41) is 9.05. The summed E-state index contributed by atoms with van der Waals surface area (Å²) >= 11 is 0. The van der Waals surface area contributed by atoms with Gasteiger partial charge in [0.1, 0.15) is 0 Å². The first-order valence-electron chi connectivity index (χ1n) is 7.33. The molecule has 2 aliphatic rings. The van der Waals surface area contributed by atoms with Crippen LogP contribution in [-0.4, -0.2) is 36.9 Å². The first-order valence-corrected chi connectivity index (χ1v) is 8.77. The summed E-state index contributed by atoms with van der Waals surface area (Å²) in [5.74, 6) is -1.05. The van der Waals surface area contributed by atoms with Crippen LogP contribution in [0.1, 0.15) is 35.2 Å². The standard InChI is InChI=1S/C16H19NO4S/c1-12-10-13(4-5-14(12)15(18)19)22(20,21)17-9-3-2-6-16(11-17)7-8-16/h2-5,10H,6-9,11H2,1H3,(H,18,19). The second-order valence-corrected chi connectivity index (χ2v) is 8.19. The van der Waals surface area contributed by atoms with Gasteiger partial charge < -0.3 is 5.11 Å². The molecule has 1 heterocycles. The van der Waals surface area contributed by atoms with E-state index in [-0.39, 0.29) is 15.9 Å². The quantitative estimate of drug-likeness (QED) is 0.868. The number of aryl methyl sites for hydroxylation is 1. The molecule has 0 saturated heterocycles. The highest BCUT2D eigenvalue weighted by molar-refractivity contribution is 7.89. The van der Waals surface area contributed by atoms with Crippen molar-refractivity contribution in [2.24, 2.45) is 5.41 Å². The Kier molecular flexibility index (Phi) is 3.61. The first-order chi connectivity index (χ1) is 10.3. The number of allylic oxidation sites excluding steroid dienone is 1. The van der Waals surface area contributed by atoms with Crippen molar-refractivity contribution >= 4 is 16.0 Å². The average Bonchev–Trinajstić information content (AvgIpc) is 3.25. The van der Waals surface area contributed by atoms with E-state index in [0.29, 0.717) is 18.7 Å². The van der Waals surface area contributed by atoms with Gasteiger partial charge in [0.2, 0.25) is 10.0 Å². The molecular weight excluding hydrogens is 302 g/mol. The fourth-order valence-electron chi connectivity index (χ4n) is 2.94. The molecule has 3 rings (SSSR count). The molecule has 6 heteroatoms. The van der Waals surface area contributed by atoms with E-state index in [9.17, 15) is 13.2 Å². The van der Waals surface area contributed by atoms with Crippen LogP contribution in [0.15, 0.2) is 35.2 Å². The van der Waals surface area contributed by atoms with Crippen LogP contribution >= 0.6 is 0 Å². The van der Waals surface area contributed by atoms with E-state index in [2.05, 4.69) is 6.08 Å². The Morgan fingerprint density at radius 1 is 1.27 bits per heavy atom. The van der Waals surface area contributed by atoms with Gasteiger partial charge in [0.05, 0.1) is 10.5 Å². The van der Waals surface area contributed by atoms with Crippen molar-refractivity contribution in [3.63, 3.8) is 0 Å². The topological polar surface area (TPSA) is 74.7 Å². The molecule has 1 aliphatic heterocycles. The zero-order valence-corrected chi connectivity index (χ0v) is 13.3. The number of rotatable bonds is 3. The Morgan fingerprint density at radius 2 is 2.00 bits per heavy atom. The molecule has 0 unspecified atom stereocenters. The average molecular weight is 321 g/mol. The number of hydrogen-bond donors (Lipinski definition) is 1. The van der Waals surface area contributed by atoms with Crippen molar-refractivity contribution in [3.05, 3.63) is 41.5 Å². The van der Waals surface area contributed by atoms with Gasteiger partial charge in [-0.3, -0.25) is 0 Å². The van der Waals surface area contributed by atoms with Crippen LogP contribution in [0.25, 0.3) is 0 Å². The molecule has 5 nitrogen and oxygen atoms in total. The van der Waals surface area contributed by atoms with E-state index >= 15 is 0 Å². The van der Waals surface area contributed by atoms with E-state index in [0.717, 1.165) is 19.3 Å². The lowest BCUT2D eigenvalue weighted by Crippen LogP contribution is -2.35. The summed E-state index contributed by atoms with van der Waals surface area (Å²) in [6, 6.07) is 4.21. The monoisotopic (exact) mass is 321 g/mol. The van der Waals surface area contributed by atoms with Crippen molar-refractivity contribution in [2.75, 3.05) is 13.1 Å². The van der Waals surface area contributed by atoms with Crippen molar-refractivity contribution < 1.29 is 18.3 Å². The molecule has 1 aromatic rings. The third kappa shape index (κ3) is 2.68. The number of hydrogen-bond acceptors (Lipinski definition) is 3. The molecule has 0 atom stereocenters. The normalized spacial score (nSPS) is 20.8. The molecule has 1 saturated carbocycles. The van der Waals surface area contributed by atoms with E-state index in [1.54, 1.807) is 6.92 Å². The highest BCUT2D eigenvalue weighted by Crippen LogP contribution is 2.51. The maximum absolute atomic E-state index is 12.8. The van der Waals surface area contributed by atoms with Crippen molar-refractivity contribution in [3.8, 4) is 0 Å². The third-order valence-electron chi connectivity index (χ3n) is 4.56. The van der Waals surface area contributed by atoms with Gasteiger partial charge in [-0.25, -0.2) is 13.2 Å². The summed E-state index contributed by atoms with van der Waals surface area (Å²) in [6.45, 7) is 2.54. The van der Waals surface area contributed by atoms with Gasteiger partial charge in [0, 0.05) is 13.1 Å². The molecule has 0 radical (unpaired) electrons. The number of carboxylic acid groups (broad SMARTS) is 1. The summed E-state index contributed by atoms with van der Waals surface area (Å²) in [4.78, 5) is 11.2. The van der Waals surface area contributed by atoms with Gasteiger partial charge in [-0.2, -0.15) is 4.31 Å². The lowest BCUT2D eigenvalue weighted by Gasteiger charge is -2.24. The molecule has 1 N–H and O–H groups in total. The Bertz CT molecular complexity index is 747. The van der Waals surface area contributed by atoms with Gasteiger partial charge >= 0.3 is 5.97 Å². The van der Waals surface area contributed by atoms with Gasteiger partial charge in [-0.15, -0.1) is 0 Å². The minimum Gasteiger partial charge on any atom is -0.478 e. The number of nitrogens with zero attached hydrogens (tertiary/aromatic N) is 1. The van der Waals surface area contributed by atoms with E-state index in [1.807, 2.05) is 6.08 Å². The van der Waals surface area contributed by atoms with Gasteiger partial charge in [-0.05, 0) is 55.4 Å². The number of carbonyl (C=O) groups is 1. The molecule has 0 bridgehead atoms. The zero-order valence-electron chi connectivity index (χ0n) is 12.4. The van der Waals surface area contributed by atoms with Crippen LogP contribution in [0.4, 0.5) is 0 Å². The van der Waals surface area contributed by atoms with Crippen LogP contribution in [0.2, 0.25) is 0 Å². The Labute approximate surface area is 130 Å². The molecule has 1 spiro atoms. The largest absolute Gasteiger partial charge is 0.478 e. The zero-order chi connectivity index (χ0) is 16.0. The molecule has 1 fully saturated rings. The molecule has 0 amide bonds. The van der Waals surface area contributed by atoms with Crippen LogP contribution in [0.3, 0.4) is 0 Å². The third-order valence-corrected chi connectivity index (χ3v) is 6.37. The minimum absolute atomic E-state index is 0.121. The highest BCUT2D eigenvalue weighted by Gasteiger charge is 2.45. The Hall–Kier alpha value is -1.66. The smallest absolute Gasteiger partial charge is 0.335 e. The van der Waals surface area contributed by atoms with Crippen molar-refractivity contribution in [1.82, 2.24) is 4.31 Å². The SMILES string of the molecule is Cc1cc(S(=O)(=O)N2CC=CCC3(CC3)C2)ccc1C(=O)O. The van der Waals surface area contributed by atoms with Gasteiger partial charge in [0.15, 0.2) is 0 Å². The summed E-state index contributed by atoms with van der Waals surface area (Å²) in [5.41, 5.74) is 0.712. The van der Waals surface area contributed by atoms with E-state index in [1.165, 1.54) is 22.5 Å². The molecule has 1 aromatic carbocycles. The maximum atomic E-state index is 12.8. The summed E-state index contributed by atoms with van der Waals surface area (Å²) in [7, 11) is -3.59. The number of carboxylic acids is 1. The Morgan fingerprint density at radius 3 is 2.59 bits per heavy atom. The predicted molar refractivity (Wildman–Crippen MR) is 82.3 cm³/mol. The predicted octanol–water partition coefficient (Wildman–Crippen LogP) is 2.42. The number of aromatic carboxylic acids is 1. The maximum Gasteiger partial charge on any atom is 0.335 e. The molecule has 1 aliphatic carbocycles. The molecular formula is C16H19NO4S. The second kappa shape index (κ2) is 5.21. The van der Waals surface area contributed by atoms with Crippen LogP contribution in [0, 0.1) is 12.3 Å². The fourth-order valence-corrected chi connectivity index (χ4v) is 4.53. The van der Waals surface area contributed by atoms with Gasteiger partial charge in [0.25, 0.3) is 0 Å². The first kappa shape index (κ1) is 15.2. The Balaban J connectivity index is 1.94. The van der Waals surface area contributed by atoms with Gasteiger partial charge in [-0.1, -0.05) is 12.2 Å². The lowest BCUT2D eigenvalue weighted by atomic mass is 10.0. The summed E-state index contributed by atoms with van der Waals surface area (Å²) in [6.07, 6.45) is 7.06. The van der Waals surface area contributed by atoms with Crippen LogP contribution in [-0.2, 0) is 10.0 Å². The lowest BCUT2D eigenvalue weighted by molar-refractivity contribution is 0.0696.